The third-order valence-electron chi connectivity index (χ3n) is 4.81. The molecule has 1 heterocycles. The van der Waals surface area contributed by atoms with E-state index in [-0.39, 0.29) is 16.5 Å². The van der Waals surface area contributed by atoms with Gasteiger partial charge in [-0.25, -0.2) is 4.39 Å². The lowest BCUT2D eigenvalue weighted by molar-refractivity contribution is -0.0885. The number of rotatable bonds is 5. The Balaban J connectivity index is 1.40. The molecule has 5 nitrogen and oxygen atoms in total. The van der Waals surface area contributed by atoms with Crippen LogP contribution in [0.15, 0.2) is 30.2 Å². The normalized spacial score (nSPS) is 20.5. The van der Waals surface area contributed by atoms with Crippen LogP contribution in [0.3, 0.4) is 0 Å². The average molecular weight is 354 g/mol. The summed E-state index contributed by atoms with van der Waals surface area (Å²) in [7, 11) is 0. The van der Waals surface area contributed by atoms with E-state index in [1.165, 1.54) is 18.2 Å². The van der Waals surface area contributed by atoms with E-state index in [2.05, 4.69) is 10.2 Å². The van der Waals surface area contributed by atoms with Gasteiger partial charge < -0.3 is 16.2 Å². The van der Waals surface area contributed by atoms with Gasteiger partial charge in [-0.05, 0) is 42.4 Å². The van der Waals surface area contributed by atoms with E-state index in [0.29, 0.717) is 30.1 Å². The average Bonchev–Trinajstić information content (AvgIpc) is 2.45. The Hall–Kier alpha value is -1.79. The maximum Gasteiger partial charge on any atom is 0.251 e. The first-order valence-electron chi connectivity index (χ1n) is 7.94. The number of amides is 1. The van der Waals surface area contributed by atoms with E-state index in [0.717, 1.165) is 32.2 Å². The van der Waals surface area contributed by atoms with E-state index in [9.17, 15) is 9.18 Å². The molecule has 1 aliphatic carbocycles. The topological polar surface area (TPSA) is 78.6 Å². The van der Waals surface area contributed by atoms with E-state index >= 15 is 0 Å². The number of hydrogen-bond acceptors (Lipinski definition) is 4. The number of carbonyl (C=O) groups excluding carboxylic acids is 1. The highest BCUT2D eigenvalue weighted by atomic mass is 35.5. The molecule has 0 unspecified atom stereocenters. The number of nitrogens with zero attached hydrogens (tertiary/aromatic N) is 1. The number of nitrogens with one attached hydrogen (secondary N) is 1. The lowest BCUT2D eigenvalue weighted by Gasteiger charge is -2.59. The van der Waals surface area contributed by atoms with Gasteiger partial charge in [0.25, 0.3) is 5.91 Å². The zero-order valence-corrected chi connectivity index (χ0v) is 14.0. The second kappa shape index (κ2) is 6.61. The fourth-order valence-electron chi connectivity index (χ4n) is 3.90. The van der Waals surface area contributed by atoms with Gasteiger partial charge in [0.1, 0.15) is 5.82 Å². The first kappa shape index (κ1) is 17.0. The molecular weight excluding hydrogens is 333 g/mol. The van der Waals surface area contributed by atoms with Crippen LogP contribution in [0.5, 0.6) is 0 Å². The number of carbonyl (C=O) groups is 1. The summed E-state index contributed by atoms with van der Waals surface area (Å²) in [4.78, 5) is 14.3. The highest BCUT2D eigenvalue weighted by Crippen LogP contribution is 2.51. The molecule has 3 rings (SSSR count). The van der Waals surface area contributed by atoms with Crippen molar-refractivity contribution in [2.75, 3.05) is 26.2 Å². The Labute approximate surface area is 145 Å². The molecule has 0 atom stereocenters. The highest BCUT2D eigenvalue weighted by Gasteiger charge is 2.51. The van der Waals surface area contributed by atoms with Gasteiger partial charge in [-0.2, -0.15) is 0 Å². The van der Waals surface area contributed by atoms with Crippen LogP contribution in [-0.2, 0) is 0 Å². The SMILES string of the molecule is N/C(=C\O)CN1CC2(CC(CNC(=O)c3cc(F)cc(Cl)c3)C2)C1. The van der Waals surface area contributed by atoms with Crippen molar-refractivity contribution in [2.24, 2.45) is 17.1 Å². The zero-order chi connectivity index (χ0) is 17.3. The number of hydrogen-bond donors (Lipinski definition) is 3. The van der Waals surface area contributed by atoms with Crippen LogP contribution in [0.1, 0.15) is 23.2 Å². The molecule has 130 valence electrons. The van der Waals surface area contributed by atoms with Gasteiger partial charge in [0.2, 0.25) is 0 Å². The van der Waals surface area contributed by atoms with Gasteiger partial charge in [-0.1, -0.05) is 11.6 Å². The molecule has 1 saturated carbocycles. The number of likely N-dealkylation sites (tertiary alicyclic amines) is 1. The van der Waals surface area contributed by atoms with E-state index in [4.69, 9.17) is 22.4 Å². The summed E-state index contributed by atoms with van der Waals surface area (Å²) in [6.07, 6.45) is 3.08. The summed E-state index contributed by atoms with van der Waals surface area (Å²) in [5, 5.41) is 11.9. The van der Waals surface area contributed by atoms with E-state index < -0.39 is 5.82 Å². The fourth-order valence-corrected chi connectivity index (χ4v) is 4.13. The van der Waals surface area contributed by atoms with Crippen molar-refractivity contribution in [1.29, 1.82) is 0 Å². The third-order valence-corrected chi connectivity index (χ3v) is 5.03. The van der Waals surface area contributed by atoms with Gasteiger partial charge in [0, 0.05) is 36.8 Å². The Morgan fingerprint density at radius 2 is 2.17 bits per heavy atom. The molecule has 1 aliphatic heterocycles. The first-order chi connectivity index (χ1) is 11.4. The van der Waals surface area contributed by atoms with E-state index in [1.807, 2.05) is 0 Å². The molecule has 1 aromatic rings. The fraction of sp³-hybridized carbons (Fsp3) is 0.471. The Morgan fingerprint density at radius 3 is 2.79 bits per heavy atom. The monoisotopic (exact) mass is 353 g/mol. The molecular formula is C17H21ClFN3O2. The molecule has 2 aliphatic rings. The molecule has 0 radical (unpaired) electrons. The molecule has 1 spiro atoms. The molecule has 0 bridgehead atoms. The van der Waals surface area contributed by atoms with Crippen molar-refractivity contribution in [1.82, 2.24) is 10.2 Å². The minimum Gasteiger partial charge on any atom is -0.514 e. The van der Waals surface area contributed by atoms with E-state index in [1.54, 1.807) is 0 Å². The summed E-state index contributed by atoms with van der Waals surface area (Å²) < 4.78 is 13.3. The molecule has 0 aromatic heterocycles. The van der Waals surface area contributed by atoms with Crippen LogP contribution < -0.4 is 11.1 Å². The van der Waals surface area contributed by atoms with Crippen LogP contribution in [0.2, 0.25) is 5.02 Å². The van der Waals surface area contributed by atoms with Gasteiger partial charge >= 0.3 is 0 Å². The maximum atomic E-state index is 13.3. The van der Waals surface area contributed by atoms with Gasteiger partial charge in [0.05, 0.1) is 12.0 Å². The van der Waals surface area contributed by atoms with Crippen LogP contribution in [0.25, 0.3) is 0 Å². The summed E-state index contributed by atoms with van der Waals surface area (Å²) in [6.45, 7) is 3.14. The van der Waals surface area contributed by atoms with Crippen LogP contribution in [0.4, 0.5) is 4.39 Å². The Bertz CT molecular complexity index is 646. The summed E-state index contributed by atoms with van der Waals surface area (Å²) in [5.41, 5.74) is 6.66. The summed E-state index contributed by atoms with van der Waals surface area (Å²) in [5.74, 6) is -0.361. The lowest BCUT2D eigenvalue weighted by atomic mass is 9.57. The number of benzene rings is 1. The molecule has 7 heteroatoms. The number of halogens is 2. The molecule has 1 saturated heterocycles. The summed E-state index contributed by atoms with van der Waals surface area (Å²) in [6, 6.07) is 3.83. The largest absolute Gasteiger partial charge is 0.514 e. The minimum absolute atomic E-state index is 0.216. The molecule has 24 heavy (non-hydrogen) atoms. The van der Waals surface area contributed by atoms with Crippen molar-refractivity contribution in [2.45, 2.75) is 12.8 Å². The number of aliphatic hydroxyl groups excluding tert-OH is 1. The Kier molecular flexibility index (Phi) is 4.69. The first-order valence-corrected chi connectivity index (χ1v) is 8.32. The zero-order valence-electron chi connectivity index (χ0n) is 13.3. The second-order valence-electron chi connectivity index (χ2n) is 6.99. The number of aliphatic hydroxyl groups is 1. The number of nitrogens with two attached hydrogens (primary N) is 1. The van der Waals surface area contributed by atoms with Crippen LogP contribution in [-0.4, -0.2) is 42.1 Å². The second-order valence-corrected chi connectivity index (χ2v) is 7.43. The van der Waals surface area contributed by atoms with Gasteiger partial charge in [-0.15, -0.1) is 0 Å². The van der Waals surface area contributed by atoms with Crippen molar-refractivity contribution in [3.8, 4) is 0 Å². The minimum atomic E-state index is -0.513. The van der Waals surface area contributed by atoms with Crippen LogP contribution in [0, 0.1) is 17.2 Å². The van der Waals surface area contributed by atoms with Crippen molar-refractivity contribution < 1.29 is 14.3 Å². The smallest absolute Gasteiger partial charge is 0.251 e. The quantitative estimate of drug-likeness (QED) is 0.710. The summed E-state index contributed by atoms with van der Waals surface area (Å²) >= 11 is 5.77. The Morgan fingerprint density at radius 1 is 1.46 bits per heavy atom. The maximum absolute atomic E-state index is 13.3. The molecule has 1 aromatic carbocycles. The molecule has 4 N–H and O–H groups in total. The standard InChI is InChI=1S/C17H21ClFN3O2/c18-13-1-12(2-14(19)3-13)16(24)21-6-11-4-17(5-11)9-22(10-17)7-15(20)8-23/h1-3,8,11,23H,4-7,9-10,20H2,(H,21,24)/b15-8-. The predicted octanol–water partition coefficient (Wildman–Crippen LogP) is 2.28. The molecule has 1 amide bonds. The van der Waals surface area contributed by atoms with Crippen LogP contribution >= 0.6 is 11.6 Å². The van der Waals surface area contributed by atoms with Crippen molar-refractivity contribution in [3.63, 3.8) is 0 Å². The van der Waals surface area contributed by atoms with Crippen molar-refractivity contribution >= 4 is 17.5 Å². The molecule has 2 fully saturated rings. The third kappa shape index (κ3) is 3.65. The van der Waals surface area contributed by atoms with Gasteiger partial charge in [-0.3, -0.25) is 9.69 Å². The highest BCUT2D eigenvalue weighted by molar-refractivity contribution is 6.31. The lowest BCUT2D eigenvalue weighted by Crippen LogP contribution is -2.63. The van der Waals surface area contributed by atoms with Crippen molar-refractivity contribution in [3.05, 3.63) is 46.6 Å². The predicted molar refractivity (Wildman–Crippen MR) is 90.2 cm³/mol. The van der Waals surface area contributed by atoms with Gasteiger partial charge in [0.15, 0.2) is 0 Å².